The number of hydrogen-bond acceptors (Lipinski definition) is 5. The predicted octanol–water partition coefficient (Wildman–Crippen LogP) is 3.69. The van der Waals surface area contributed by atoms with Crippen molar-refractivity contribution in [1.29, 1.82) is 0 Å². The molecule has 2 aromatic carbocycles. The molecular weight excluding hydrogens is 348 g/mol. The summed E-state index contributed by atoms with van der Waals surface area (Å²) in [6.45, 7) is 4.05. The minimum Gasteiger partial charge on any atom is -0.490 e. The molecule has 0 unspecified atom stereocenters. The Labute approximate surface area is 157 Å². The van der Waals surface area contributed by atoms with Crippen LogP contribution in [-0.4, -0.2) is 52.9 Å². The van der Waals surface area contributed by atoms with Gasteiger partial charge >= 0.3 is 11.2 Å². The summed E-state index contributed by atoms with van der Waals surface area (Å²) >= 11 is 0. The highest BCUT2D eigenvalue weighted by Crippen LogP contribution is 2.34. The summed E-state index contributed by atoms with van der Waals surface area (Å²) in [7, 11) is 0. The molecule has 2 heterocycles. The lowest BCUT2D eigenvalue weighted by Crippen LogP contribution is -2.14. The van der Waals surface area contributed by atoms with Crippen LogP contribution in [0.15, 0.2) is 46.9 Å². The van der Waals surface area contributed by atoms with Gasteiger partial charge in [0, 0.05) is 12.1 Å². The Morgan fingerprint density at radius 2 is 1.00 bits per heavy atom. The maximum Gasteiger partial charge on any atom is 0.364 e. The molecule has 0 radical (unpaired) electrons. The van der Waals surface area contributed by atoms with Gasteiger partial charge in [0.1, 0.15) is 35.5 Å². The molecular formula is C21H23O6+. The Morgan fingerprint density at radius 3 is 1.48 bits per heavy atom. The van der Waals surface area contributed by atoms with Gasteiger partial charge in [0.25, 0.3) is 0 Å². The van der Waals surface area contributed by atoms with Crippen LogP contribution in [-0.2, 0) is 14.2 Å². The number of rotatable bonds is 0. The SMILES string of the molecule is c1cc2c3cc4c(cccc4[o+]c3c1)OCCOCCOCCOCCO2. The van der Waals surface area contributed by atoms with Crippen molar-refractivity contribution in [2.75, 3.05) is 52.9 Å². The van der Waals surface area contributed by atoms with Crippen molar-refractivity contribution >= 4 is 21.9 Å². The van der Waals surface area contributed by atoms with Crippen LogP contribution in [0.3, 0.4) is 0 Å². The Kier molecular flexibility index (Phi) is 5.99. The molecule has 0 amide bonds. The summed E-state index contributed by atoms with van der Waals surface area (Å²) in [6, 6.07) is 13.6. The van der Waals surface area contributed by atoms with Crippen LogP contribution >= 0.6 is 0 Å². The molecule has 0 saturated heterocycles. The molecule has 3 aromatic rings. The normalized spacial score (nSPS) is 17.3. The van der Waals surface area contributed by atoms with Crippen molar-refractivity contribution in [2.45, 2.75) is 0 Å². The van der Waals surface area contributed by atoms with Crippen molar-refractivity contribution in [1.82, 2.24) is 0 Å². The molecule has 0 aliphatic carbocycles. The molecule has 1 aliphatic heterocycles. The van der Waals surface area contributed by atoms with Crippen molar-refractivity contribution < 1.29 is 28.1 Å². The maximum absolute atomic E-state index is 6.07. The lowest BCUT2D eigenvalue weighted by molar-refractivity contribution is 0.00509. The van der Waals surface area contributed by atoms with Crippen LogP contribution in [0, 0.1) is 0 Å². The van der Waals surface area contributed by atoms with Gasteiger partial charge in [-0.25, -0.2) is 4.42 Å². The Hall–Kier alpha value is -2.41. The molecule has 6 nitrogen and oxygen atoms in total. The van der Waals surface area contributed by atoms with Gasteiger partial charge in [-0.15, -0.1) is 0 Å². The zero-order chi connectivity index (χ0) is 18.3. The maximum atomic E-state index is 6.07. The van der Waals surface area contributed by atoms with Crippen LogP contribution in [0.25, 0.3) is 21.9 Å². The largest absolute Gasteiger partial charge is 0.490 e. The van der Waals surface area contributed by atoms with Gasteiger partial charge < -0.3 is 23.7 Å². The second-order valence-corrected chi connectivity index (χ2v) is 6.12. The van der Waals surface area contributed by atoms with E-state index in [0.29, 0.717) is 52.9 Å². The van der Waals surface area contributed by atoms with Crippen molar-refractivity contribution in [3.8, 4) is 11.5 Å². The van der Waals surface area contributed by atoms with Crippen LogP contribution < -0.4 is 9.47 Å². The fourth-order valence-electron chi connectivity index (χ4n) is 2.99. The average Bonchev–Trinajstić information content (AvgIpc) is 2.69. The molecule has 0 fully saturated rings. The van der Waals surface area contributed by atoms with Gasteiger partial charge in [-0.3, -0.25) is 0 Å². The summed E-state index contributed by atoms with van der Waals surface area (Å²) in [5.74, 6) is 1.52. The van der Waals surface area contributed by atoms with E-state index in [9.17, 15) is 0 Å². The van der Waals surface area contributed by atoms with Gasteiger partial charge in [-0.05, 0) is 30.3 Å². The monoisotopic (exact) mass is 371 g/mol. The van der Waals surface area contributed by atoms with Crippen molar-refractivity contribution in [2.24, 2.45) is 0 Å². The number of ether oxygens (including phenoxy) is 5. The topological polar surface area (TPSA) is 57.5 Å². The predicted molar refractivity (Wildman–Crippen MR) is 102 cm³/mol. The second-order valence-electron chi connectivity index (χ2n) is 6.12. The van der Waals surface area contributed by atoms with Crippen LogP contribution in [0.1, 0.15) is 0 Å². The van der Waals surface area contributed by atoms with Crippen LogP contribution in [0.5, 0.6) is 11.5 Å². The first-order valence-corrected chi connectivity index (χ1v) is 9.19. The van der Waals surface area contributed by atoms with Crippen LogP contribution in [0.2, 0.25) is 0 Å². The highest BCUT2D eigenvalue weighted by molar-refractivity contribution is 5.96. The molecule has 142 valence electrons. The Morgan fingerprint density at radius 1 is 0.556 bits per heavy atom. The molecule has 1 aliphatic rings. The Bertz CT molecular complexity index is 825. The molecule has 4 rings (SSSR count). The van der Waals surface area contributed by atoms with E-state index in [2.05, 4.69) is 6.07 Å². The minimum atomic E-state index is 0.457. The van der Waals surface area contributed by atoms with E-state index in [0.717, 1.165) is 33.4 Å². The highest BCUT2D eigenvalue weighted by Gasteiger charge is 2.18. The summed E-state index contributed by atoms with van der Waals surface area (Å²) in [5, 5.41) is 1.81. The first kappa shape index (κ1) is 18.0. The quantitative estimate of drug-likeness (QED) is 0.444. The molecule has 0 spiro atoms. The third-order valence-electron chi connectivity index (χ3n) is 4.28. The van der Waals surface area contributed by atoms with E-state index < -0.39 is 0 Å². The zero-order valence-corrected chi connectivity index (χ0v) is 15.1. The standard InChI is InChI=1S/C21H23O6/c1-3-18-16-15-17-19(4-2-6-21(17)27-20(16)5-1)26-14-12-24-10-8-22-7-9-23-11-13-25-18/h1-6,15H,7-14H2/q+1. The smallest absolute Gasteiger partial charge is 0.364 e. The zero-order valence-electron chi connectivity index (χ0n) is 15.1. The molecule has 1 aromatic heterocycles. The lowest BCUT2D eigenvalue weighted by Gasteiger charge is -2.11. The average molecular weight is 371 g/mol. The van der Waals surface area contributed by atoms with Gasteiger partial charge in [0.15, 0.2) is 0 Å². The second kappa shape index (κ2) is 8.99. The first-order chi connectivity index (χ1) is 13.4. The number of benzene rings is 2. The first-order valence-electron chi connectivity index (χ1n) is 9.19. The number of hydrogen-bond donors (Lipinski definition) is 0. The van der Waals surface area contributed by atoms with Gasteiger partial charge in [0.05, 0.1) is 39.6 Å². The fraction of sp³-hybridized carbons (Fsp3) is 0.381. The summed E-state index contributed by atoms with van der Waals surface area (Å²) in [5.41, 5.74) is 1.54. The molecule has 0 saturated carbocycles. The summed E-state index contributed by atoms with van der Waals surface area (Å²) in [4.78, 5) is 0. The van der Waals surface area contributed by atoms with E-state index in [1.807, 2.05) is 36.4 Å². The van der Waals surface area contributed by atoms with E-state index >= 15 is 0 Å². The van der Waals surface area contributed by atoms with Gasteiger partial charge in [-0.1, -0.05) is 0 Å². The summed E-state index contributed by atoms with van der Waals surface area (Å²) in [6.07, 6.45) is 0. The van der Waals surface area contributed by atoms with E-state index in [1.54, 1.807) is 0 Å². The fourth-order valence-corrected chi connectivity index (χ4v) is 2.99. The summed E-state index contributed by atoms with van der Waals surface area (Å²) < 4.78 is 34.5. The van der Waals surface area contributed by atoms with Crippen molar-refractivity contribution in [3.63, 3.8) is 0 Å². The van der Waals surface area contributed by atoms with Crippen molar-refractivity contribution in [3.05, 3.63) is 42.5 Å². The molecule has 2 bridgehead atoms. The molecule has 6 heteroatoms. The van der Waals surface area contributed by atoms with E-state index in [4.69, 9.17) is 28.1 Å². The van der Waals surface area contributed by atoms with E-state index in [-0.39, 0.29) is 0 Å². The third kappa shape index (κ3) is 4.47. The molecule has 27 heavy (non-hydrogen) atoms. The van der Waals surface area contributed by atoms with Gasteiger partial charge in [0.2, 0.25) is 0 Å². The minimum absolute atomic E-state index is 0.457. The molecule has 0 atom stereocenters. The van der Waals surface area contributed by atoms with Gasteiger partial charge in [-0.2, -0.15) is 0 Å². The van der Waals surface area contributed by atoms with Crippen LogP contribution in [0.4, 0.5) is 0 Å². The third-order valence-corrected chi connectivity index (χ3v) is 4.28. The molecule has 0 N–H and O–H groups in total. The lowest BCUT2D eigenvalue weighted by atomic mass is 10.1. The highest BCUT2D eigenvalue weighted by atomic mass is 16.6. The van der Waals surface area contributed by atoms with E-state index in [1.165, 1.54) is 0 Å². The Balaban J connectivity index is 1.66.